The zero-order valence-electron chi connectivity index (χ0n) is 10.5. The third kappa shape index (κ3) is 3.63. The third-order valence-corrected chi connectivity index (χ3v) is 4.48. The van der Waals surface area contributed by atoms with Gasteiger partial charge in [-0.25, -0.2) is 0 Å². The van der Waals surface area contributed by atoms with Crippen LogP contribution < -0.4 is 4.18 Å². The fourth-order valence-corrected chi connectivity index (χ4v) is 3.24. The van der Waals surface area contributed by atoms with Crippen LogP contribution in [0.1, 0.15) is 12.8 Å². The first-order valence-corrected chi connectivity index (χ1v) is 7.47. The largest absolute Gasteiger partial charge is 0.393 e. The zero-order chi connectivity index (χ0) is 14.8. The molecule has 4 nitrogen and oxygen atoms in total. The molecule has 1 aromatic rings. The average Bonchev–Trinajstić information content (AvgIpc) is 2.38. The van der Waals surface area contributed by atoms with Gasteiger partial charge in [0.2, 0.25) is 0 Å². The lowest BCUT2D eigenvalue weighted by molar-refractivity contribution is -0.182. The quantitative estimate of drug-likeness (QED) is 0.862. The Hall–Kier alpha value is -1.28. The Labute approximate surface area is 115 Å². The Morgan fingerprint density at radius 1 is 1.20 bits per heavy atom. The van der Waals surface area contributed by atoms with Gasteiger partial charge in [0.25, 0.3) is 0 Å². The average molecular weight is 309 g/mol. The van der Waals surface area contributed by atoms with Crippen molar-refractivity contribution in [3.63, 3.8) is 0 Å². The van der Waals surface area contributed by atoms with E-state index in [1.165, 1.54) is 12.1 Å². The summed E-state index contributed by atoms with van der Waals surface area (Å²) in [6, 6.07) is 7.71. The van der Waals surface area contributed by atoms with E-state index in [-0.39, 0.29) is 25.1 Å². The van der Waals surface area contributed by atoms with Gasteiger partial charge in [0.05, 0.1) is 5.92 Å². The molecule has 1 saturated heterocycles. The second-order valence-corrected chi connectivity index (χ2v) is 6.13. The smallest absolute Gasteiger partial charge is 0.371 e. The van der Waals surface area contributed by atoms with Gasteiger partial charge < -0.3 is 4.18 Å². The van der Waals surface area contributed by atoms with Crippen molar-refractivity contribution >= 4 is 10.3 Å². The molecule has 1 aliphatic rings. The molecule has 0 N–H and O–H groups in total. The van der Waals surface area contributed by atoms with Gasteiger partial charge in [0.15, 0.2) is 0 Å². The number of benzene rings is 1. The van der Waals surface area contributed by atoms with Gasteiger partial charge in [-0.05, 0) is 25.0 Å². The Morgan fingerprint density at radius 3 is 2.45 bits per heavy atom. The normalized spacial score (nSPS) is 21.6. The Kier molecular flexibility index (Phi) is 4.24. The minimum atomic E-state index is -4.39. The molecule has 0 spiro atoms. The van der Waals surface area contributed by atoms with Crippen LogP contribution in [0.5, 0.6) is 5.75 Å². The number of para-hydroxylation sites is 1. The van der Waals surface area contributed by atoms with Crippen molar-refractivity contribution in [3.8, 4) is 5.75 Å². The molecule has 0 amide bonds. The Balaban J connectivity index is 2.10. The molecule has 20 heavy (non-hydrogen) atoms. The van der Waals surface area contributed by atoms with E-state index in [2.05, 4.69) is 0 Å². The van der Waals surface area contributed by atoms with E-state index in [0.29, 0.717) is 0 Å². The predicted octanol–water partition coefficient (Wildman–Crippen LogP) is 2.58. The van der Waals surface area contributed by atoms with Gasteiger partial charge in [-0.2, -0.15) is 25.9 Å². The summed E-state index contributed by atoms with van der Waals surface area (Å²) in [6.45, 7) is -0.541. The van der Waals surface area contributed by atoms with Crippen molar-refractivity contribution in [2.75, 3.05) is 13.1 Å². The van der Waals surface area contributed by atoms with Gasteiger partial charge in [-0.15, -0.1) is 0 Å². The molecule has 0 aliphatic carbocycles. The third-order valence-electron chi connectivity index (χ3n) is 3.11. The number of rotatable bonds is 3. The molecule has 0 bridgehead atoms. The second-order valence-electron chi connectivity index (χ2n) is 4.59. The van der Waals surface area contributed by atoms with Gasteiger partial charge in [0, 0.05) is 13.1 Å². The minimum absolute atomic E-state index is 0.0434. The first kappa shape index (κ1) is 15.1. The molecule has 0 radical (unpaired) electrons. The Bertz CT molecular complexity index is 545. The van der Waals surface area contributed by atoms with Crippen molar-refractivity contribution in [2.45, 2.75) is 19.0 Å². The molecule has 0 unspecified atom stereocenters. The second kappa shape index (κ2) is 5.61. The fraction of sp³-hybridized carbons (Fsp3) is 0.500. The molecule has 0 saturated carbocycles. The summed E-state index contributed by atoms with van der Waals surface area (Å²) in [5.41, 5.74) is 0. The van der Waals surface area contributed by atoms with Crippen LogP contribution in [0.3, 0.4) is 0 Å². The lowest BCUT2D eigenvalue weighted by Gasteiger charge is -2.32. The van der Waals surface area contributed by atoms with Crippen LogP contribution in [0.2, 0.25) is 0 Å². The number of alkyl halides is 3. The lowest BCUT2D eigenvalue weighted by atomic mass is 9.99. The summed E-state index contributed by atoms with van der Waals surface area (Å²) in [4.78, 5) is 0. The van der Waals surface area contributed by atoms with Crippen LogP contribution in [0.4, 0.5) is 13.2 Å². The number of hydrogen-bond donors (Lipinski definition) is 0. The number of piperidine rings is 1. The fourth-order valence-electron chi connectivity index (χ4n) is 2.06. The van der Waals surface area contributed by atoms with Crippen LogP contribution in [0.15, 0.2) is 30.3 Å². The highest BCUT2D eigenvalue weighted by Crippen LogP contribution is 2.34. The van der Waals surface area contributed by atoms with Gasteiger partial charge in [0.1, 0.15) is 5.75 Å². The van der Waals surface area contributed by atoms with Crippen LogP contribution in [0.25, 0.3) is 0 Å². The van der Waals surface area contributed by atoms with E-state index in [0.717, 1.165) is 4.31 Å². The van der Waals surface area contributed by atoms with Gasteiger partial charge >= 0.3 is 16.5 Å². The van der Waals surface area contributed by atoms with E-state index in [1.54, 1.807) is 18.2 Å². The predicted molar refractivity (Wildman–Crippen MR) is 66.3 cm³/mol. The maximum Gasteiger partial charge on any atom is 0.393 e. The molecule has 0 aromatic heterocycles. The highest BCUT2D eigenvalue weighted by atomic mass is 32.2. The topological polar surface area (TPSA) is 46.6 Å². The van der Waals surface area contributed by atoms with E-state index >= 15 is 0 Å². The van der Waals surface area contributed by atoms with Gasteiger partial charge in [-0.3, -0.25) is 0 Å². The summed E-state index contributed by atoms with van der Waals surface area (Å²) >= 11 is 0. The van der Waals surface area contributed by atoms with Crippen LogP contribution in [-0.4, -0.2) is 32.0 Å². The lowest BCUT2D eigenvalue weighted by Crippen LogP contribution is -2.45. The standard InChI is InChI=1S/C12H14F3NO3S/c13-12(14,15)10-5-4-8-16(9-10)20(17,18)19-11-6-2-1-3-7-11/h1-3,6-7,10H,4-5,8-9H2/t10-/m0/s1. The highest BCUT2D eigenvalue weighted by Gasteiger charge is 2.44. The highest BCUT2D eigenvalue weighted by molar-refractivity contribution is 7.84. The summed E-state index contributed by atoms with van der Waals surface area (Å²) in [7, 11) is -4.20. The minimum Gasteiger partial charge on any atom is -0.371 e. The molecular weight excluding hydrogens is 295 g/mol. The summed E-state index contributed by atoms with van der Waals surface area (Å²) < 4.78 is 67.5. The molecule has 1 heterocycles. The maximum absolute atomic E-state index is 12.7. The van der Waals surface area contributed by atoms with Crippen LogP contribution in [-0.2, 0) is 10.3 Å². The molecule has 2 rings (SSSR count). The molecule has 112 valence electrons. The molecule has 1 fully saturated rings. The van der Waals surface area contributed by atoms with Crippen molar-refractivity contribution in [2.24, 2.45) is 5.92 Å². The first-order valence-electron chi connectivity index (χ1n) is 6.10. The first-order chi connectivity index (χ1) is 9.29. The van der Waals surface area contributed by atoms with E-state index in [4.69, 9.17) is 4.18 Å². The molecular formula is C12H14F3NO3S. The Morgan fingerprint density at radius 2 is 1.85 bits per heavy atom. The molecule has 1 aliphatic heterocycles. The molecule has 8 heteroatoms. The monoisotopic (exact) mass is 309 g/mol. The number of halogens is 3. The van der Waals surface area contributed by atoms with Crippen LogP contribution in [0, 0.1) is 5.92 Å². The summed E-state index contributed by atoms with van der Waals surface area (Å²) in [5.74, 6) is -1.55. The van der Waals surface area contributed by atoms with Crippen LogP contribution >= 0.6 is 0 Å². The zero-order valence-corrected chi connectivity index (χ0v) is 11.3. The van der Waals surface area contributed by atoms with Gasteiger partial charge in [-0.1, -0.05) is 18.2 Å². The van der Waals surface area contributed by atoms with E-state index < -0.39 is 28.9 Å². The van der Waals surface area contributed by atoms with Crippen molar-refractivity contribution < 1.29 is 25.8 Å². The number of nitrogens with zero attached hydrogens (tertiary/aromatic N) is 1. The van der Waals surface area contributed by atoms with Crippen molar-refractivity contribution in [3.05, 3.63) is 30.3 Å². The van der Waals surface area contributed by atoms with E-state index in [9.17, 15) is 21.6 Å². The maximum atomic E-state index is 12.7. The number of hydrogen-bond acceptors (Lipinski definition) is 3. The van der Waals surface area contributed by atoms with E-state index in [1.807, 2.05) is 0 Å². The molecule has 1 aromatic carbocycles. The summed E-state index contributed by atoms with van der Waals surface area (Å²) in [5, 5.41) is 0. The van der Waals surface area contributed by atoms with Crippen molar-refractivity contribution in [1.29, 1.82) is 0 Å². The molecule has 1 atom stereocenters. The SMILES string of the molecule is O=S(=O)(Oc1ccccc1)N1CCC[C@H](C(F)(F)F)C1. The summed E-state index contributed by atoms with van der Waals surface area (Å²) in [6.07, 6.45) is -4.27. The van der Waals surface area contributed by atoms with Crippen molar-refractivity contribution in [1.82, 2.24) is 4.31 Å².